The normalized spacial score (nSPS) is 11.1. The Morgan fingerprint density at radius 1 is 1.35 bits per heavy atom. The largest absolute Gasteiger partial charge is 0.573 e. The molecule has 5 nitrogen and oxygen atoms in total. The van der Waals surface area contributed by atoms with E-state index in [4.69, 9.17) is 15.8 Å². The minimum atomic E-state index is -4.97. The zero-order chi connectivity index (χ0) is 13.2. The van der Waals surface area contributed by atoms with E-state index in [0.29, 0.717) is 0 Å². The highest BCUT2D eigenvalue weighted by Crippen LogP contribution is 2.25. The van der Waals surface area contributed by atoms with Crippen molar-refractivity contribution in [3.8, 4) is 5.75 Å². The summed E-state index contributed by atoms with van der Waals surface area (Å²) in [5.74, 6) is -1.97. The number of carbonyl (C=O) groups excluding carboxylic acids is 1. The van der Waals surface area contributed by atoms with E-state index >= 15 is 0 Å². The topological polar surface area (TPSA) is 92.8 Å². The lowest BCUT2D eigenvalue weighted by atomic mass is 9.79. The standard InChI is InChI=1S/C8H7BF3NO4/c10-8(11,12)17-6-2-1-4(9(15)16)3-5(6)7(13)14/h1-3,15-16H,(H2,13,14). The van der Waals surface area contributed by atoms with Crippen molar-refractivity contribution >= 4 is 18.5 Å². The molecule has 4 N–H and O–H groups in total. The molecule has 0 aromatic heterocycles. The van der Waals surface area contributed by atoms with Crippen LogP contribution in [0.3, 0.4) is 0 Å². The van der Waals surface area contributed by atoms with E-state index < -0.39 is 30.7 Å². The minimum Gasteiger partial charge on any atom is -0.423 e. The van der Waals surface area contributed by atoms with Crippen LogP contribution in [0.1, 0.15) is 10.4 Å². The van der Waals surface area contributed by atoms with Crippen LogP contribution in [0.15, 0.2) is 18.2 Å². The Balaban J connectivity index is 3.18. The van der Waals surface area contributed by atoms with Gasteiger partial charge in [0.1, 0.15) is 5.75 Å². The van der Waals surface area contributed by atoms with E-state index in [-0.39, 0.29) is 5.46 Å². The van der Waals surface area contributed by atoms with Gasteiger partial charge in [-0.3, -0.25) is 4.79 Å². The first kappa shape index (κ1) is 13.3. The van der Waals surface area contributed by atoms with Gasteiger partial charge in [0.25, 0.3) is 5.91 Å². The zero-order valence-electron chi connectivity index (χ0n) is 8.23. The van der Waals surface area contributed by atoms with Gasteiger partial charge in [0.15, 0.2) is 0 Å². The van der Waals surface area contributed by atoms with Gasteiger partial charge in [-0.1, -0.05) is 6.07 Å². The fraction of sp³-hybridized carbons (Fsp3) is 0.125. The van der Waals surface area contributed by atoms with Crippen LogP contribution in [-0.2, 0) is 0 Å². The molecule has 0 spiro atoms. The van der Waals surface area contributed by atoms with Gasteiger partial charge in [0.05, 0.1) is 5.56 Å². The number of halogens is 3. The van der Waals surface area contributed by atoms with Crippen molar-refractivity contribution in [2.75, 3.05) is 0 Å². The smallest absolute Gasteiger partial charge is 0.423 e. The highest BCUT2D eigenvalue weighted by atomic mass is 19.4. The van der Waals surface area contributed by atoms with Gasteiger partial charge in [0, 0.05) is 0 Å². The molecular weight excluding hydrogens is 242 g/mol. The van der Waals surface area contributed by atoms with Crippen molar-refractivity contribution in [1.82, 2.24) is 0 Å². The second-order valence-electron chi connectivity index (χ2n) is 3.04. The monoisotopic (exact) mass is 249 g/mol. The van der Waals surface area contributed by atoms with Crippen molar-refractivity contribution in [2.24, 2.45) is 5.73 Å². The molecule has 1 aromatic rings. The Kier molecular flexibility index (Phi) is 3.64. The molecule has 1 amide bonds. The summed E-state index contributed by atoms with van der Waals surface area (Å²) >= 11 is 0. The number of hydrogen-bond acceptors (Lipinski definition) is 4. The molecule has 0 aliphatic carbocycles. The molecule has 1 rings (SSSR count). The SMILES string of the molecule is NC(=O)c1cc(B(O)O)ccc1OC(F)(F)F. The van der Waals surface area contributed by atoms with Crippen LogP contribution in [0, 0.1) is 0 Å². The molecule has 0 saturated heterocycles. The van der Waals surface area contributed by atoms with Crippen molar-refractivity contribution in [3.05, 3.63) is 23.8 Å². The number of rotatable bonds is 3. The average molecular weight is 249 g/mol. The summed E-state index contributed by atoms with van der Waals surface area (Å²) in [5.41, 5.74) is 4.09. The lowest BCUT2D eigenvalue weighted by molar-refractivity contribution is -0.274. The highest BCUT2D eigenvalue weighted by Gasteiger charge is 2.33. The molecule has 0 fully saturated rings. The lowest BCUT2D eigenvalue weighted by Crippen LogP contribution is -2.31. The van der Waals surface area contributed by atoms with Crippen LogP contribution in [0.5, 0.6) is 5.75 Å². The molecule has 0 heterocycles. The van der Waals surface area contributed by atoms with Gasteiger partial charge in [-0.05, 0) is 17.6 Å². The van der Waals surface area contributed by atoms with Gasteiger partial charge < -0.3 is 20.5 Å². The number of ether oxygens (including phenoxy) is 1. The predicted molar refractivity (Wildman–Crippen MR) is 51.5 cm³/mol. The summed E-state index contributed by atoms with van der Waals surface area (Å²) in [6.07, 6.45) is -4.97. The Morgan fingerprint density at radius 2 is 1.94 bits per heavy atom. The van der Waals surface area contributed by atoms with Crippen molar-refractivity contribution in [3.63, 3.8) is 0 Å². The molecule has 9 heteroatoms. The number of benzene rings is 1. The van der Waals surface area contributed by atoms with Gasteiger partial charge >= 0.3 is 13.5 Å². The Hall–Kier alpha value is -1.74. The van der Waals surface area contributed by atoms with Crippen LogP contribution in [0.2, 0.25) is 0 Å². The van der Waals surface area contributed by atoms with Crippen LogP contribution >= 0.6 is 0 Å². The van der Waals surface area contributed by atoms with Crippen molar-refractivity contribution in [2.45, 2.75) is 6.36 Å². The minimum absolute atomic E-state index is 0.173. The molecule has 92 valence electrons. The number of carbonyl (C=O) groups is 1. The molecule has 0 unspecified atom stereocenters. The van der Waals surface area contributed by atoms with Crippen LogP contribution in [0.4, 0.5) is 13.2 Å². The summed E-state index contributed by atoms with van der Waals surface area (Å²) in [5, 5.41) is 17.6. The Labute approximate surface area is 93.8 Å². The molecule has 0 bridgehead atoms. The third-order valence-electron chi connectivity index (χ3n) is 1.79. The van der Waals surface area contributed by atoms with Crippen LogP contribution in [0.25, 0.3) is 0 Å². The van der Waals surface area contributed by atoms with Crippen molar-refractivity contribution in [1.29, 1.82) is 0 Å². The number of amides is 1. The molecular formula is C8H7BF3NO4. The van der Waals surface area contributed by atoms with E-state index in [2.05, 4.69) is 4.74 Å². The first-order valence-corrected chi connectivity index (χ1v) is 4.26. The Morgan fingerprint density at radius 3 is 2.35 bits per heavy atom. The van der Waals surface area contributed by atoms with Crippen molar-refractivity contribution < 1.29 is 32.8 Å². The third-order valence-corrected chi connectivity index (χ3v) is 1.79. The third kappa shape index (κ3) is 3.64. The summed E-state index contributed by atoms with van der Waals surface area (Å²) < 4.78 is 39.5. The maximum Gasteiger partial charge on any atom is 0.573 e. The first-order chi connectivity index (χ1) is 7.70. The summed E-state index contributed by atoms with van der Waals surface area (Å²) in [6, 6.07) is 2.56. The second-order valence-corrected chi connectivity index (χ2v) is 3.04. The zero-order valence-corrected chi connectivity index (χ0v) is 8.23. The fourth-order valence-electron chi connectivity index (χ4n) is 1.11. The Bertz CT molecular complexity index is 435. The fourth-order valence-corrected chi connectivity index (χ4v) is 1.11. The van der Waals surface area contributed by atoms with Gasteiger partial charge in [-0.2, -0.15) is 0 Å². The quantitative estimate of drug-likeness (QED) is 0.621. The van der Waals surface area contributed by atoms with Crippen LogP contribution < -0.4 is 15.9 Å². The highest BCUT2D eigenvalue weighted by molar-refractivity contribution is 6.58. The second kappa shape index (κ2) is 4.64. The molecule has 0 saturated carbocycles. The molecule has 0 radical (unpaired) electrons. The van der Waals surface area contributed by atoms with E-state index in [1.54, 1.807) is 0 Å². The number of hydrogen-bond donors (Lipinski definition) is 3. The average Bonchev–Trinajstić information content (AvgIpc) is 2.14. The predicted octanol–water partition coefficient (Wildman–Crippen LogP) is -0.636. The molecule has 0 aliphatic heterocycles. The number of primary amides is 1. The first-order valence-electron chi connectivity index (χ1n) is 4.26. The summed E-state index contributed by atoms with van der Waals surface area (Å²) in [6.45, 7) is 0. The van der Waals surface area contributed by atoms with Crippen LogP contribution in [-0.4, -0.2) is 29.4 Å². The number of nitrogens with two attached hydrogens (primary N) is 1. The van der Waals surface area contributed by atoms with E-state index in [0.717, 1.165) is 18.2 Å². The van der Waals surface area contributed by atoms with E-state index in [1.807, 2.05) is 0 Å². The van der Waals surface area contributed by atoms with E-state index in [1.165, 1.54) is 0 Å². The lowest BCUT2D eigenvalue weighted by Gasteiger charge is -2.12. The molecule has 0 atom stereocenters. The van der Waals surface area contributed by atoms with Gasteiger partial charge in [-0.25, -0.2) is 0 Å². The van der Waals surface area contributed by atoms with Gasteiger partial charge in [-0.15, -0.1) is 13.2 Å². The number of alkyl halides is 3. The summed E-state index contributed by atoms with van der Waals surface area (Å²) in [7, 11) is -1.92. The maximum absolute atomic E-state index is 12.0. The van der Waals surface area contributed by atoms with E-state index in [9.17, 15) is 18.0 Å². The maximum atomic E-state index is 12.0. The molecule has 17 heavy (non-hydrogen) atoms. The molecule has 1 aromatic carbocycles. The van der Waals surface area contributed by atoms with Gasteiger partial charge in [0.2, 0.25) is 0 Å². The summed E-state index contributed by atoms with van der Waals surface area (Å²) in [4.78, 5) is 10.9. The molecule has 0 aliphatic rings.